The molecular formula is C17H17F3N2O3. The van der Waals surface area contributed by atoms with Crippen molar-refractivity contribution in [3.05, 3.63) is 65.2 Å². The fourth-order valence-electron chi connectivity index (χ4n) is 2.13. The highest BCUT2D eigenvalue weighted by atomic mass is 19.4. The number of hydroxylamine groups is 2. The van der Waals surface area contributed by atoms with Crippen molar-refractivity contribution < 1.29 is 27.9 Å². The molecule has 2 aromatic carbocycles. The molecule has 1 atom stereocenters. The third-order valence-electron chi connectivity index (χ3n) is 3.64. The van der Waals surface area contributed by atoms with Gasteiger partial charge in [-0.15, -0.1) is 0 Å². The number of rotatable bonds is 5. The number of carbonyl (C=O) groups excluding carboxylic acids is 1. The number of ether oxygens (including phenoxy) is 1. The lowest BCUT2D eigenvalue weighted by atomic mass is 10.1. The van der Waals surface area contributed by atoms with Crippen LogP contribution in [0, 0.1) is 0 Å². The smallest absolute Gasteiger partial charge is 0.416 e. The van der Waals surface area contributed by atoms with Crippen molar-refractivity contribution in [2.24, 2.45) is 5.73 Å². The van der Waals surface area contributed by atoms with Crippen LogP contribution in [0.15, 0.2) is 48.5 Å². The fraction of sp³-hybridized carbons (Fsp3) is 0.235. The Balaban J connectivity index is 1.97. The Morgan fingerprint density at radius 3 is 2.20 bits per heavy atom. The molecule has 3 N–H and O–H groups in total. The molecule has 0 saturated heterocycles. The van der Waals surface area contributed by atoms with E-state index in [0.29, 0.717) is 21.9 Å². The van der Waals surface area contributed by atoms with Gasteiger partial charge in [-0.05, 0) is 42.3 Å². The molecule has 0 heterocycles. The minimum Gasteiger partial charge on any atom is -0.489 e. The van der Waals surface area contributed by atoms with Crippen molar-refractivity contribution in [1.29, 1.82) is 0 Å². The molecule has 0 aromatic heterocycles. The predicted molar refractivity (Wildman–Crippen MR) is 83.8 cm³/mol. The number of hydrogen-bond acceptors (Lipinski definition) is 3. The van der Waals surface area contributed by atoms with Crippen LogP contribution >= 0.6 is 0 Å². The summed E-state index contributed by atoms with van der Waals surface area (Å²) in [5.74, 6) is 0.499. The normalized spacial score (nSPS) is 12.5. The number of nitrogens with zero attached hydrogens (tertiary/aromatic N) is 1. The number of urea groups is 1. The van der Waals surface area contributed by atoms with Gasteiger partial charge in [0.15, 0.2) is 0 Å². The quantitative estimate of drug-likeness (QED) is 0.627. The van der Waals surface area contributed by atoms with E-state index in [2.05, 4.69) is 0 Å². The summed E-state index contributed by atoms with van der Waals surface area (Å²) in [6.45, 7) is 1.71. The summed E-state index contributed by atoms with van der Waals surface area (Å²) < 4.78 is 43.0. The zero-order valence-corrected chi connectivity index (χ0v) is 13.3. The van der Waals surface area contributed by atoms with Crippen LogP contribution in [0.5, 0.6) is 5.75 Å². The number of halogens is 3. The van der Waals surface area contributed by atoms with Gasteiger partial charge >= 0.3 is 12.2 Å². The molecule has 25 heavy (non-hydrogen) atoms. The van der Waals surface area contributed by atoms with E-state index in [1.54, 1.807) is 31.2 Å². The van der Waals surface area contributed by atoms with Crippen LogP contribution in [0.2, 0.25) is 0 Å². The third-order valence-corrected chi connectivity index (χ3v) is 3.64. The second kappa shape index (κ2) is 7.43. The molecule has 2 rings (SSSR count). The van der Waals surface area contributed by atoms with Gasteiger partial charge in [-0.1, -0.05) is 24.3 Å². The van der Waals surface area contributed by atoms with Gasteiger partial charge in [0.25, 0.3) is 0 Å². The Hall–Kier alpha value is -2.74. The molecule has 5 nitrogen and oxygen atoms in total. The molecule has 0 saturated carbocycles. The third kappa shape index (κ3) is 4.87. The number of benzene rings is 2. The minimum absolute atomic E-state index is 0.112. The summed E-state index contributed by atoms with van der Waals surface area (Å²) in [6, 6.07) is 9.70. The van der Waals surface area contributed by atoms with Gasteiger partial charge < -0.3 is 10.5 Å². The predicted octanol–water partition coefficient (Wildman–Crippen LogP) is 4.12. The maximum atomic E-state index is 12.5. The molecule has 2 aromatic rings. The number of alkyl halides is 3. The van der Waals surface area contributed by atoms with Crippen molar-refractivity contribution in [2.45, 2.75) is 25.7 Å². The molecule has 8 heteroatoms. The molecule has 0 spiro atoms. The van der Waals surface area contributed by atoms with Gasteiger partial charge in [-0.25, -0.2) is 4.79 Å². The molecule has 134 valence electrons. The maximum Gasteiger partial charge on any atom is 0.416 e. The van der Waals surface area contributed by atoms with E-state index in [-0.39, 0.29) is 6.61 Å². The van der Waals surface area contributed by atoms with Gasteiger partial charge in [-0.3, -0.25) is 5.21 Å². The summed E-state index contributed by atoms with van der Waals surface area (Å²) in [6.07, 6.45) is -4.36. The number of hydrogen-bond donors (Lipinski definition) is 2. The standard InChI is InChI=1S/C17H17F3N2O3/c1-11(22(24)16(21)23)13-4-8-15(9-5-13)25-10-12-2-6-14(7-3-12)17(18,19)20/h2-9,11,24H,10H2,1H3,(H2,21,23). The van der Waals surface area contributed by atoms with Gasteiger partial charge in [0, 0.05) is 0 Å². The van der Waals surface area contributed by atoms with Crippen LogP contribution in [0.3, 0.4) is 0 Å². The Morgan fingerprint density at radius 2 is 1.72 bits per heavy atom. The lowest BCUT2D eigenvalue weighted by molar-refractivity contribution is -0.137. The number of carbonyl (C=O) groups is 1. The van der Waals surface area contributed by atoms with Crippen LogP contribution < -0.4 is 10.5 Å². The van der Waals surface area contributed by atoms with E-state index >= 15 is 0 Å². The van der Waals surface area contributed by atoms with Gasteiger partial charge in [-0.2, -0.15) is 18.2 Å². The van der Waals surface area contributed by atoms with Crippen LogP contribution in [0.25, 0.3) is 0 Å². The summed E-state index contributed by atoms with van der Waals surface area (Å²) in [5, 5.41) is 9.91. The average Bonchev–Trinajstić information content (AvgIpc) is 2.58. The van der Waals surface area contributed by atoms with Crippen molar-refractivity contribution in [2.75, 3.05) is 0 Å². The Labute approximate surface area is 142 Å². The molecule has 0 aliphatic heterocycles. The van der Waals surface area contributed by atoms with Gasteiger partial charge in [0.1, 0.15) is 12.4 Å². The molecule has 1 unspecified atom stereocenters. The Kier molecular flexibility index (Phi) is 5.53. The van der Waals surface area contributed by atoms with E-state index < -0.39 is 23.8 Å². The van der Waals surface area contributed by atoms with E-state index in [0.717, 1.165) is 12.1 Å². The van der Waals surface area contributed by atoms with Crippen molar-refractivity contribution in [3.63, 3.8) is 0 Å². The minimum atomic E-state index is -4.36. The number of amides is 2. The first-order chi connectivity index (χ1) is 11.7. The molecule has 2 amide bonds. The van der Waals surface area contributed by atoms with Crippen LogP contribution in [-0.4, -0.2) is 16.3 Å². The zero-order chi connectivity index (χ0) is 18.6. The number of nitrogens with two attached hydrogens (primary N) is 1. The fourth-order valence-corrected chi connectivity index (χ4v) is 2.13. The summed E-state index contributed by atoms with van der Waals surface area (Å²) in [7, 11) is 0. The Bertz CT molecular complexity index is 715. The van der Waals surface area contributed by atoms with E-state index in [4.69, 9.17) is 10.5 Å². The van der Waals surface area contributed by atoms with Crippen LogP contribution in [-0.2, 0) is 12.8 Å². The second-order valence-electron chi connectivity index (χ2n) is 5.41. The van der Waals surface area contributed by atoms with E-state index in [1.807, 2.05) is 0 Å². The van der Waals surface area contributed by atoms with Gasteiger partial charge in [0.05, 0.1) is 11.6 Å². The molecule has 0 aliphatic carbocycles. The molecule has 0 bridgehead atoms. The molecule has 0 aliphatic rings. The van der Waals surface area contributed by atoms with E-state index in [1.165, 1.54) is 12.1 Å². The van der Waals surface area contributed by atoms with Crippen LogP contribution in [0.1, 0.15) is 29.7 Å². The average molecular weight is 354 g/mol. The lowest BCUT2D eigenvalue weighted by Gasteiger charge is -2.21. The van der Waals surface area contributed by atoms with Gasteiger partial charge in [0.2, 0.25) is 0 Å². The molecule has 0 fully saturated rings. The topological polar surface area (TPSA) is 75.8 Å². The first-order valence-corrected chi connectivity index (χ1v) is 7.35. The van der Waals surface area contributed by atoms with Crippen molar-refractivity contribution >= 4 is 6.03 Å². The second-order valence-corrected chi connectivity index (χ2v) is 5.41. The molecular weight excluding hydrogens is 337 g/mol. The zero-order valence-electron chi connectivity index (χ0n) is 13.3. The van der Waals surface area contributed by atoms with Crippen molar-refractivity contribution in [3.8, 4) is 5.75 Å². The first kappa shape index (κ1) is 18.6. The largest absolute Gasteiger partial charge is 0.489 e. The Morgan fingerprint density at radius 1 is 1.16 bits per heavy atom. The molecule has 0 radical (unpaired) electrons. The highest BCUT2D eigenvalue weighted by molar-refractivity contribution is 5.71. The van der Waals surface area contributed by atoms with Crippen LogP contribution in [0.4, 0.5) is 18.0 Å². The van der Waals surface area contributed by atoms with E-state index in [9.17, 15) is 23.2 Å². The lowest BCUT2D eigenvalue weighted by Crippen LogP contribution is -2.34. The highest BCUT2D eigenvalue weighted by Gasteiger charge is 2.29. The summed E-state index contributed by atoms with van der Waals surface area (Å²) >= 11 is 0. The summed E-state index contributed by atoms with van der Waals surface area (Å²) in [4.78, 5) is 10.9. The monoisotopic (exact) mass is 354 g/mol. The highest BCUT2D eigenvalue weighted by Crippen LogP contribution is 2.29. The number of primary amides is 1. The summed E-state index contributed by atoms with van der Waals surface area (Å²) in [5.41, 5.74) is 5.52. The van der Waals surface area contributed by atoms with Crippen molar-refractivity contribution in [1.82, 2.24) is 5.06 Å². The maximum absolute atomic E-state index is 12.5. The first-order valence-electron chi connectivity index (χ1n) is 7.35. The SMILES string of the molecule is CC(c1ccc(OCc2ccc(C(F)(F)F)cc2)cc1)N(O)C(N)=O.